The van der Waals surface area contributed by atoms with E-state index >= 15 is 0 Å². The third-order valence-electron chi connectivity index (χ3n) is 9.69. The van der Waals surface area contributed by atoms with E-state index in [-0.39, 0.29) is 5.41 Å². The predicted octanol–water partition coefficient (Wildman–Crippen LogP) is 13.4. The lowest BCUT2D eigenvalue weighted by Crippen LogP contribution is -2.25. The summed E-state index contributed by atoms with van der Waals surface area (Å²) in [6, 6.07) is 47.4. The number of pyridine rings is 1. The van der Waals surface area contributed by atoms with Crippen molar-refractivity contribution in [2.24, 2.45) is 0 Å². The number of fused-ring (bicyclic) bond motifs is 2. The number of benzene rings is 5. The van der Waals surface area contributed by atoms with E-state index in [9.17, 15) is 0 Å². The lowest BCUT2D eigenvalue weighted by Gasteiger charge is -2.26. The fourth-order valence-corrected chi connectivity index (χ4v) is 8.99. The fraction of sp³-hybridized carbons (Fsp3) is 0.109. The van der Waals surface area contributed by atoms with E-state index < -0.39 is 0 Å². The van der Waals surface area contributed by atoms with E-state index in [1.54, 1.807) is 22.7 Å². The van der Waals surface area contributed by atoms with Gasteiger partial charge in [0.1, 0.15) is 5.75 Å². The van der Waals surface area contributed by atoms with Crippen LogP contribution in [0, 0.1) is 0 Å². The lowest BCUT2D eigenvalue weighted by atomic mass is 9.86. The first-order valence-electron chi connectivity index (χ1n) is 17.5. The van der Waals surface area contributed by atoms with E-state index in [1.165, 1.54) is 59.2 Å². The van der Waals surface area contributed by atoms with Gasteiger partial charge in [-0.25, -0.2) is 0 Å². The monoisotopic (exact) mass is 711 g/mol. The highest BCUT2D eigenvalue weighted by atomic mass is 32.1. The maximum absolute atomic E-state index is 6.64. The highest BCUT2D eigenvalue weighted by molar-refractivity contribution is 7.21. The molecule has 8 aromatic rings. The summed E-state index contributed by atoms with van der Waals surface area (Å²) in [5.41, 5.74) is 10.6. The summed E-state index contributed by atoms with van der Waals surface area (Å²) < 4.78 is 9.09. The molecule has 1 aliphatic rings. The third kappa shape index (κ3) is 6.04. The van der Waals surface area contributed by atoms with Gasteiger partial charge in [0.05, 0.1) is 18.1 Å². The zero-order valence-corrected chi connectivity index (χ0v) is 30.9. The van der Waals surface area contributed by atoms with Crippen molar-refractivity contribution < 1.29 is 4.74 Å². The van der Waals surface area contributed by atoms with E-state index in [1.807, 2.05) is 12.3 Å². The number of anilines is 2. The van der Waals surface area contributed by atoms with E-state index in [0.29, 0.717) is 6.67 Å². The second kappa shape index (κ2) is 13.1. The minimum absolute atomic E-state index is 0.0328. The molecular weight excluding hydrogens is 675 g/mol. The van der Waals surface area contributed by atoms with Gasteiger partial charge in [-0.05, 0) is 69.3 Å². The highest BCUT2D eigenvalue weighted by Crippen LogP contribution is 2.46. The third-order valence-corrected chi connectivity index (χ3v) is 11.6. The maximum atomic E-state index is 6.64. The molecule has 6 heteroatoms. The van der Waals surface area contributed by atoms with Crippen LogP contribution < -0.4 is 14.5 Å². The normalized spacial score (nSPS) is 13.1. The summed E-state index contributed by atoms with van der Waals surface area (Å²) in [5.74, 6) is 0.807. The van der Waals surface area contributed by atoms with Gasteiger partial charge in [-0.3, -0.25) is 4.98 Å². The molecule has 0 aliphatic carbocycles. The summed E-state index contributed by atoms with van der Waals surface area (Å²) in [6.45, 7) is 7.42. The Morgan fingerprint density at radius 2 is 1.40 bits per heavy atom. The van der Waals surface area contributed by atoms with Crippen molar-refractivity contribution in [1.82, 2.24) is 4.98 Å². The summed E-state index contributed by atoms with van der Waals surface area (Å²) in [4.78, 5) is 9.50. The van der Waals surface area contributed by atoms with Crippen LogP contribution in [0.15, 0.2) is 157 Å². The van der Waals surface area contributed by atoms with E-state index in [4.69, 9.17) is 9.72 Å². The number of aromatic nitrogens is 1. The van der Waals surface area contributed by atoms with Gasteiger partial charge >= 0.3 is 0 Å². The molecule has 0 radical (unpaired) electrons. The largest absolute Gasteiger partial charge is 0.447 e. The van der Waals surface area contributed by atoms with Crippen molar-refractivity contribution in [3.63, 3.8) is 0 Å². The van der Waals surface area contributed by atoms with Crippen molar-refractivity contribution in [3.05, 3.63) is 163 Å². The number of nitrogens with zero attached hydrogens (tertiary/aromatic N) is 3. The molecule has 0 N–H and O–H groups in total. The second-order valence-electron chi connectivity index (χ2n) is 14.2. The van der Waals surface area contributed by atoms with E-state index in [0.717, 1.165) is 22.2 Å². The minimum atomic E-state index is 0.0328. The van der Waals surface area contributed by atoms with Gasteiger partial charge in [-0.2, -0.15) is 0 Å². The first-order chi connectivity index (χ1) is 25.4. The molecule has 3 aromatic heterocycles. The summed E-state index contributed by atoms with van der Waals surface area (Å²) in [6.07, 6.45) is 6.29. The van der Waals surface area contributed by atoms with Gasteiger partial charge in [0.2, 0.25) is 0 Å². The number of ether oxygens (including phenoxy) is 1. The molecule has 4 heterocycles. The zero-order chi connectivity index (χ0) is 35.2. The van der Waals surface area contributed by atoms with Crippen LogP contribution in [0.1, 0.15) is 26.3 Å². The molecule has 254 valence electrons. The Bertz CT molecular complexity index is 2520. The average molecular weight is 712 g/mol. The van der Waals surface area contributed by atoms with Crippen LogP contribution in [-0.4, -0.2) is 11.7 Å². The van der Waals surface area contributed by atoms with Crippen molar-refractivity contribution in [1.29, 1.82) is 0 Å². The molecule has 9 rings (SSSR count). The van der Waals surface area contributed by atoms with Gasteiger partial charge in [-0.1, -0.05) is 117 Å². The molecule has 4 nitrogen and oxygen atoms in total. The second-order valence-corrected chi connectivity index (χ2v) is 16.1. The highest BCUT2D eigenvalue weighted by Gasteiger charge is 2.23. The summed E-state index contributed by atoms with van der Waals surface area (Å²) >= 11 is 3.45. The van der Waals surface area contributed by atoms with Gasteiger partial charge in [0, 0.05) is 67.9 Å². The number of rotatable bonds is 7. The van der Waals surface area contributed by atoms with Gasteiger partial charge in [0.25, 0.3) is 0 Å². The SMILES string of the molecule is CC(C)(C)c1ccnc(-c2c3cc(Oc4cccc(N5C=CN(c6c(-c7ccccc7)cccc6-c6ccccc6)C5)c4)sc3cc3ccsc23)c1. The predicted molar refractivity (Wildman–Crippen MR) is 222 cm³/mol. The van der Waals surface area contributed by atoms with Gasteiger partial charge < -0.3 is 14.5 Å². The minimum Gasteiger partial charge on any atom is -0.447 e. The summed E-state index contributed by atoms with van der Waals surface area (Å²) in [5, 5.41) is 5.45. The Hall–Kier alpha value is -5.69. The van der Waals surface area contributed by atoms with Gasteiger partial charge in [0.15, 0.2) is 5.06 Å². The van der Waals surface area contributed by atoms with Crippen LogP contribution in [-0.2, 0) is 5.41 Å². The van der Waals surface area contributed by atoms with Gasteiger partial charge in [-0.15, -0.1) is 11.3 Å². The molecule has 0 atom stereocenters. The molecule has 1 aliphatic heterocycles. The molecule has 0 amide bonds. The Balaban J connectivity index is 1.03. The maximum Gasteiger partial charge on any atom is 0.182 e. The molecule has 0 fully saturated rings. The number of para-hydroxylation sites is 1. The average Bonchev–Trinajstić information content (AvgIpc) is 3.94. The Kier molecular flexibility index (Phi) is 8.14. The first kappa shape index (κ1) is 32.2. The summed E-state index contributed by atoms with van der Waals surface area (Å²) in [7, 11) is 0. The fourth-order valence-electron chi connectivity index (χ4n) is 7.05. The molecule has 52 heavy (non-hydrogen) atoms. The number of thiophene rings is 2. The molecule has 0 saturated carbocycles. The molecule has 0 bridgehead atoms. The molecule has 0 saturated heterocycles. The van der Waals surface area contributed by atoms with Crippen LogP contribution in [0.5, 0.6) is 10.8 Å². The molecule has 5 aromatic carbocycles. The van der Waals surface area contributed by atoms with Crippen molar-refractivity contribution >= 4 is 54.2 Å². The van der Waals surface area contributed by atoms with Crippen molar-refractivity contribution in [2.75, 3.05) is 16.5 Å². The Morgan fingerprint density at radius 1 is 0.692 bits per heavy atom. The quantitative estimate of drug-likeness (QED) is 0.165. The zero-order valence-electron chi connectivity index (χ0n) is 29.3. The smallest absolute Gasteiger partial charge is 0.182 e. The van der Waals surface area contributed by atoms with E-state index in [2.05, 4.69) is 176 Å². The van der Waals surface area contributed by atoms with Crippen molar-refractivity contribution in [3.8, 4) is 44.3 Å². The molecular formula is C46H37N3OS2. The first-order valence-corrected chi connectivity index (χ1v) is 19.2. The standard InChI is InChI=1S/C46H37N3OS2/c1-46(2,3)34-20-22-47-40(27-34)43-39-29-42(52-41(39)26-33-21-25-51-45(33)43)50-36-17-10-16-35(28-36)48-23-24-49(30-48)44-37(31-12-6-4-7-13-31)18-11-19-38(44)32-14-8-5-9-15-32/h4-29H,30H2,1-3H3. The Morgan fingerprint density at radius 3 is 2.13 bits per heavy atom. The molecule has 0 spiro atoms. The van der Waals surface area contributed by atoms with Crippen molar-refractivity contribution in [2.45, 2.75) is 26.2 Å². The molecule has 0 unspecified atom stereocenters. The van der Waals surface area contributed by atoms with Crippen LogP contribution >= 0.6 is 22.7 Å². The number of hydrogen-bond donors (Lipinski definition) is 0. The van der Waals surface area contributed by atoms with Crippen LogP contribution in [0.25, 0.3) is 53.7 Å². The van der Waals surface area contributed by atoms with Crippen LogP contribution in [0.4, 0.5) is 11.4 Å². The topological polar surface area (TPSA) is 28.6 Å². The Labute approximate surface area is 312 Å². The lowest BCUT2D eigenvalue weighted by molar-refractivity contribution is 0.497. The number of hydrogen-bond acceptors (Lipinski definition) is 6. The van der Waals surface area contributed by atoms with Crippen LogP contribution in [0.3, 0.4) is 0 Å². The van der Waals surface area contributed by atoms with Crippen LogP contribution in [0.2, 0.25) is 0 Å².